The zero-order valence-corrected chi connectivity index (χ0v) is 15.7. The summed E-state index contributed by atoms with van der Waals surface area (Å²) in [5.74, 6) is 0.111. The van der Waals surface area contributed by atoms with Crippen LogP contribution < -0.4 is 10.2 Å². The van der Waals surface area contributed by atoms with Gasteiger partial charge in [0, 0.05) is 32.6 Å². The number of hydrogen-bond acceptors (Lipinski definition) is 5. The van der Waals surface area contributed by atoms with Crippen LogP contribution in [0.5, 0.6) is 0 Å². The molecule has 1 saturated heterocycles. The SMILES string of the molecule is CCC(=O)Nc1ccc(N2CCN(C(=O)c3ccccc3C(F)(F)F)CC2)nn1. The number of benzene rings is 1. The first kappa shape index (κ1) is 20.6. The zero-order valence-electron chi connectivity index (χ0n) is 15.7. The Balaban J connectivity index is 1.64. The first-order chi connectivity index (χ1) is 13.8. The van der Waals surface area contributed by atoms with Crippen LogP contribution in [0.15, 0.2) is 36.4 Å². The molecule has 3 rings (SSSR count). The summed E-state index contributed by atoms with van der Waals surface area (Å²) < 4.78 is 39.5. The average molecular weight is 407 g/mol. The molecule has 2 aromatic rings. The van der Waals surface area contributed by atoms with E-state index in [9.17, 15) is 22.8 Å². The van der Waals surface area contributed by atoms with Crippen molar-refractivity contribution < 1.29 is 22.8 Å². The lowest BCUT2D eigenvalue weighted by molar-refractivity contribution is -0.138. The molecule has 0 aliphatic carbocycles. The van der Waals surface area contributed by atoms with Crippen molar-refractivity contribution in [2.75, 3.05) is 36.4 Å². The molecule has 1 aromatic heterocycles. The van der Waals surface area contributed by atoms with Gasteiger partial charge in [-0.1, -0.05) is 19.1 Å². The van der Waals surface area contributed by atoms with Gasteiger partial charge in [0.05, 0.1) is 11.1 Å². The van der Waals surface area contributed by atoms with E-state index < -0.39 is 17.6 Å². The highest BCUT2D eigenvalue weighted by atomic mass is 19.4. The second-order valence-electron chi connectivity index (χ2n) is 6.50. The van der Waals surface area contributed by atoms with E-state index >= 15 is 0 Å². The fourth-order valence-electron chi connectivity index (χ4n) is 3.02. The second kappa shape index (κ2) is 8.46. The Hall–Kier alpha value is -3.17. The van der Waals surface area contributed by atoms with Crippen molar-refractivity contribution in [3.05, 3.63) is 47.5 Å². The monoisotopic (exact) mass is 407 g/mol. The molecule has 0 atom stereocenters. The molecule has 0 spiro atoms. The number of amides is 2. The van der Waals surface area contributed by atoms with Gasteiger partial charge in [-0.05, 0) is 24.3 Å². The van der Waals surface area contributed by atoms with Gasteiger partial charge in [0.1, 0.15) is 0 Å². The lowest BCUT2D eigenvalue weighted by atomic mass is 10.1. The highest BCUT2D eigenvalue weighted by Crippen LogP contribution is 2.32. The van der Waals surface area contributed by atoms with E-state index in [1.807, 2.05) is 4.90 Å². The number of hydrogen-bond donors (Lipinski definition) is 1. The first-order valence-electron chi connectivity index (χ1n) is 9.13. The molecule has 10 heteroatoms. The van der Waals surface area contributed by atoms with Crippen LogP contribution >= 0.6 is 0 Å². The Kier molecular flexibility index (Phi) is 6.00. The fraction of sp³-hybridized carbons (Fsp3) is 0.368. The van der Waals surface area contributed by atoms with E-state index in [2.05, 4.69) is 15.5 Å². The summed E-state index contributed by atoms with van der Waals surface area (Å²) in [5, 5.41) is 10.6. The number of carbonyl (C=O) groups excluding carboxylic acids is 2. The lowest BCUT2D eigenvalue weighted by Gasteiger charge is -2.35. The van der Waals surface area contributed by atoms with Gasteiger partial charge < -0.3 is 15.1 Å². The highest BCUT2D eigenvalue weighted by Gasteiger charge is 2.36. The molecule has 2 heterocycles. The molecule has 29 heavy (non-hydrogen) atoms. The summed E-state index contributed by atoms with van der Waals surface area (Å²) in [6, 6.07) is 8.14. The molecule has 0 radical (unpaired) electrons. The standard InChI is InChI=1S/C19H20F3N5O2/c1-2-17(28)23-15-7-8-16(25-24-15)26-9-11-27(12-10-26)18(29)13-5-3-4-6-14(13)19(20,21)22/h3-8H,2,9-12H2,1H3,(H,23,24,28). The van der Waals surface area contributed by atoms with Crippen molar-refractivity contribution in [3.8, 4) is 0 Å². The Morgan fingerprint density at radius 2 is 1.72 bits per heavy atom. The van der Waals surface area contributed by atoms with Gasteiger partial charge in [-0.15, -0.1) is 10.2 Å². The fourth-order valence-corrected chi connectivity index (χ4v) is 3.02. The molecule has 2 amide bonds. The van der Waals surface area contributed by atoms with Crippen molar-refractivity contribution >= 4 is 23.5 Å². The van der Waals surface area contributed by atoms with Crippen LogP contribution in [0.4, 0.5) is 24.8 Å². The molecule has 1 aliphatic rings. The van der Waals surface area contributed by atoms with Crippen molar-refractivity contribution in [1.29, 1.82) is 0 Å². The molecule has 154 valence electrons. The number of alkyl halides is 3. The van der Waals surface area contributed by atoms with Crippen molar-refractivity contribution in [2.45, 2.75) is 19.5 Å². The van der Waals surface area contributed by atoms with Gasteiger partial charge in [0.15, 0.2) is 11.6 Å². The second-order valence-corrected chi connectivity index (χ2v) is 6.50. The van der Waals surface area contributed by atoms with E-state index in [4.69, 9.17) is 0 Å². The van der Waals surface area contributed by atoms with Crippen molar-refractivity contribution in [2.24, 2.45) is 0 Å². The third-order valence-electron chi connectivity index (χ3n) is 4.59. The Morgan fingerprint density at radius 1 is 1.03 bits per heavy atom. The van der Waals surface area contributed by atoms with Gasteiger partial charge in [0.25, 0.3) is 5.91 Å². The van der Waals surface area contributed by atoms with Crippen LogP contribution in [-0.2, 0) is 11.0 Å². The summed E-state index contributed by atoms with van der Waals surface area (Å²) in [6.45, 7) is 3.08. The molecule has 1 aromatic carbocycles. The third-order valence-corrected chi connectivity index (χ3v) is 4.59. The summed E-state index contributed by atoms with van der Waals surface area (Å²) in [4.78, 5) is 27.3. The quantitative estimate of drug-likeness (QED) is 0.843. The van der Waals surface area contributed by atoms with Crippen LogP contribution in [0.25, 0.3) is 0 Å². The van der Waals surface area contributed by atoms with Crippen molar-refractivity contribution in [3.63, 3.8) is 0 Å². The summed E-state index contributed by atoms with van der Waals surface area (Å²) in [6.07, 6.45) is -4.25. The Morgan fingerprint density at radius 3 is 2.31 bits per heavy atom. The minimum absolute atomic E-state index is 0.168. The van der Waals surface area contributed by atoms with E-state index in [0.717, 1.165) is 6.07 Å². The predicted molar refractivity (Wildman–Crippen MR) is 101 cm³/mol. The molecule has 0 bridgehead atoms. The summed E-state index contributed by atoms with van der Waals surface area (Å²) >= 11 is 0. The van der Waals surface area contributed by atoms with Crippen LogP contribution in [0.3, 0.4) is 0 Å². The number of halogens is 3. The van der Waals surface area contributed by atoms with Crippen LogP contribution in [-0.4, -0.2) is 53.1 Å². The number of carbonyl (C=O) groups is 2. The van der Waals surface area contributed by atoms with Crippen LogP contribution in [0.1, 0.15) is 29.3 Å². The number of aromatic nitrogens is 2. The summed E-state index contributed by atoms with van der Waals surface area (Å²) in [5.41, 5.74) is -1.27. The Bertz CT molecular complexity index is 878. The third kappa shape index (κ3) is 4.82. The molecule has 1 fully saturated rings. The minimum atomic E-state index is -4.58. The summed E-state index contributed by atoms with van der Waals surface area (Å²) in [7, 11) is 0. The van der Waals surface area contributed by atoms with Gasteiger partial charge in [0.2, 0.25) is 5.91 Å². The molecule has 1 aliphatic heterocycles. The largest absolute Gasteiger partial charge is 0.417 e. The molecular formula is C19H20F3N5O2. The first-order valence-corrected chi connectivity index (χ1v) is 9.13. The topological polar surface area (TPSA) is 78.4 Å². The van der Waals surface area contributed by atoms with E-state index in [0.29, 0.717) is 31.1 Å². The molecule has 0 unspecified atom stereocenters. The van der Waals surface area contributed by atoms with Gasteiger partial charge in [-0.3, -0.25) is 9.59 Å². The average Bonchev–Trinajstić information content (AvgIpc) is 2.73. The van der Waals surface area contributed by atoms with Crippen LogP contribution in [0.2, 0.25) is 0 Å². The number of piperazine rings is 1. The van der Waals surface area contributed by atoms with E-state index in [-0.39, 0.29) is 24.6 Å². The van der Waals surface area contributed by atoms with Crippen molar-refractivity contribution in [1.82, 2.24) is 15.1 Å². The Labute approximate surface area is 165 Å². The minimum Gasteiger partial charge on any atom is -0.352 e. The molecule has 0 saturated carbocycles. The maximum absolute atomic E-state index is 13.2. The number of rotatable bonds is 4. The number of nitrogens with zero attached hydrogens (tertiary/aromatic N) is 4. The molecular weight excluding hydrogens is 387 g/mol. The maximum Gasteiger partial charge on any atom is 0.417 e. The van der Waals surface area contributed by atoms with Gasteiger partial charge >= 0.3 is 6.18 Å². The van der Waals surface area contributed by atoms with Gasteiger partial charge in [-0.25, -0.2) is 0 Å². The predicted octanol–water partition coefficient (Wildman–Crippen LogP) is 2.81. The van der Waals surface area contributed by atoms with E-state index in [1.165, 1.54) is 23.1 Å². The molecule has 7 nitrogen and oxygen atoms in total. The number of nitrogens with one attached hydrogen (secondary N) is 1. The maximum atomic E-state index is 13.2. The normalized spacial score (nSPS) is 14.6. The van der Waals surface area contributed by atoms with E-state index in [1.54, 1.807) is 19.1 Å². The highest BCUT2D eigenvalue weighted by molar-refractivity contribution is 5.96. The lowest BCUT2D eigenvalue weighted by Crippen LogP contribution is -2.49. The van der Waals surface area contributed by atoms with Crippen LogP contribution in [0, 0.1) is 0 Å². The number of anilines is 2. The zero-order chi connectivity index (χ0) is 21.0. The smallest absolute Gasteiger partial charge is 0.352 e. The molecule has 1 N–H and O–H groups in total. The van der Waals surface area contributed by atoms with Gasteiger partial charge in [-0.2, -0.15) is 13.2 Å².